The molecule has 0 aliphatic carbocycles. The van der Waals surface area contributed by atoms with E-state index in [1.54, 1.807) is 24.3 Å². The van der Waals surface area contributed by atoms with Crippen LogP contribution in [-0.2, 0) is 23.8 Å². The van der Waals surface area contributed by atoms with Crippen LogP contribution >= 0.6 is 0 Å². The predicted octanol–water partition coefficient (Wildman–Crippen LogP) is 5.40. The fraction of sp³-hybridized carbons (Fsp3) is 0.391. The van der Waals surface area contributed by atoms with Crippen molar-refractivity contribution in [2.45, 2.75) is 51.6 Å². The Morgan fingerprint density at radius 1 is 1.16 bits per heavy atom. The molecule has 0 aliphatic heterocycles. The molecule has 1 heterocycles. The second-order valence-corrected chi connectivity index (χ2v) is 7.43. The van der Waals surface area contributed by atoms with E-state index in [1.807, 2.05) is 19.9 Å². The molecule has 1 unspecified atom stereocenters. The first-order valence-electron chi connectivity index (χ1n) is 10.3. The van der Waals surface area contributed by atoms with Gasteiger partial charge in [0.1, 0.15) is 12.4 Å². The summed E-state index contributed by atoms with van der Waals surface area (Å²) < 4.78 is 51.5. The third kappa shape index (κ3) is 4.84. The number of hydrogen-bond acceptors (Lipinski definition) is 4. The molecule has 1 atom stereocenters. The van der Waals surface area contributed by atoms with Gasteiger partial charge in [-0.25, -0.2) is 0 Å². The van der Waals surface area contributed by atoms with Crippen molar-refractivity contribution in [3.63, 3.8) is 0 Å². The van der Waals surface area contributed by atoms with Crippen molar-refractivity contribution < 1.29 is 27.2 Å². The van der Waals surface area contributed by atoms with Gasteiger partial charge in [-0.3, -0.25) is 4.79 Å². The van der Waals surface area contributed by atoms with Crippen LogP contribution in [0, 0.1) is 0 Å². The van der Waals surface area contributed by atoms with Gasteiger partial charge >= 0.3 is 6.18 Å². The lowest BCUT2D eigenvalue weighted by atomic mass is 9.97. The Kier molecular flexibility index (Phi) is 6.87. The van der Waals surface area contributed by atoms with Crippen molar-refractivity contribution in [1.29, 1.82) is 0 Å². The fourth-order valence-electron chi connectivity index (χ4n) is 3.70. The molecular weight excluding hydrogens is 409 g/mol. The molecule has 3 aromatic rings. The number of carbonyl (C=O) groups excluding carboxylic acids is 1. The molecule has 0 saturated heterocycles. The molecule has 3 rings (SSSR count). The quantitative estimate of drug-likeness (QED) is 0.489. The number of benzene rings is 2. The largest absolute Gasteiger partial charge is 0.492 e. The lowest BCUT2D eigenvalue weighted by molar-refractivity contribution is -0.141. The molecule has 2 N–H and O–H groups in total. The first kappa shape index (κ1) is 22.7. The Labute approximate surface area is 178 Å². The number of hydrogen-bond donors (Lipinski definition) is 1. The van der Waals surface area contributed by atoms with Crippen LogP contribution in [0.5, 0.6) is 5.75 Å². The highest BCUT2D eigenvalue weighted by atomic mass is 19.4. The van der Waals surface area contributed by atoms with Gasteiger partial charge in [-0.2, -0.15) is 13.2 Å². The van der Waals surface area contributed by atoms with Crippen LogP contribution in [0.15, 0.2) is 40.9 Å². The first-order valence-corrected chi connectivity index (χ1v) is 10.3. The van der Waals surface area contributed by atoms with Crippen molar-refractivity contribution in [2.24, 2.45) is 5.73 Å². The summed E-state index contributed by atoms with van der Waals surface area (Å²) >= 11 is 0. The molecule has 0 radical (unpaired) electrons. The number of amides is 1. The van der Waals surface area contributed by atoms with E-state index in [-0.39, 0.29) is 17.6 Å². The van der Waals surface area contributed by atoms with E-state index in [0.29, 0.717) is 48.1 Å². The second kappa shape index (κ2) is 9.41. The normalized spacial score (nSPS) is 12.8. The zero-order valence-electron chi connectivity index (χ0n) is 17.5. The van der Waals surface area contributed by atoms with Gasteiger partial charge in [-0.1, -0.05) is 62.2 Å². The molecule has 8 heteroatoms. The fourth-order valence-corrected chi connectivity index (χ4v) is 3.70. The molecule has 2 aromatic carbocycles. The molecule has 5 nitrogen and oxygen atoms in total. The third-order valence-corrected chi connectivity index (χ3v) is 5.11. The Bertz CT molecular complexity index is 1050. The van der Waals surface area contributed by atoms with E-state index in [9.17, 15) is 18.0 Å². The zero-order valence-corrected chi connectivity index (χ0v) is 17.5. The lowest BCUT2D eigenvalue weighted by Crippen LogP contribution is -2.27. The van der Waals surface area contributed by atoms with Crippen LogP contribution in [0.2, 0.25) is 0 Å². The van der Waals surface area contributed by atoms with E-state index in [2.05, 4.69) is 5.16 Å². The number of alkyl halides is 3. The SMILES string of the molecule is CCCc1cc2c(C(F)(F)F)noc2c(CCC)c1OCC(C(N)=O)c1ccccc1. The topological polar surface area (TPSA) is 78.3 Å². The Morgan fingerprint density at radius 2 is 1.84 bits per heavy atom. The van der Waals surface area contributed by atoms with Crippen molar-refractivity contribution in [1.82, 2.24) is 5.16 Å². The maximum atomic E-state index is 13.4. The van der Waals surface area contributed by atoms with Crippen molar-refractivity contribution in [2.75, 3.05) is 6.61 Å². The van der Waals surface area contributed by atoms with Gasteiger partial charge in [0.05, 0.1) is 11.3 Å². The third-order valence-electron chi connectivity index (χ3n) is 5.11. The number of nitrogens with two attached hydrogens (primary N) is 1. The number of nitrogens with zero attached hydrogens (tertiary/aromatic N) is 1. The molecular formula is C23H25F3N2O3. The number of fused-ring (bicyclic) bond motifs is 1. The minimum atomic E-state index is -4.62. The predicted molar refractivity (Wildman–Crippen MR) is 111 cm³/mol. The van der Waals surface area contributed by atoms with Crippen LogP contribution in [0.1, 0.15) is 55.0 Å². The molecule has 0 saturated carbocycles. The van der Waals surface area contributed by atoms with Crippen molar-refractivity contribution in [3.05, 3.63) is 58.8 Å². The van der Waals surface area contributed by atoms with Crippen molar-refractivity contribution in [3.8, 4) is 5.75 Å². The van der Waals surface area contributed by atoms with E-state index >= 15 is 0 Å². The van der Waals surface area contributed by atoms with Crippen LogP contribution in [-0.4, -0.2) is 17.7 Å². The molecule has 31 heavy (non-hydrogen) atoms. The number of rotatable bonds is 9. The number of primary amides is 1. The summed E-state index contributed by atoms with van der Waals surface area (Å²) in [7, 11) is 0. The van der Waals surface area contributed by atoms with Crippen LogP contribution < -0.4 is 10.5 Å². The summed E-state index contributed by atoms with van der Waals surface area (Å²) in [6.45, 7) is 3.82. The van der Waals surface area contributed by atoms with E-state index in [1.165, 1.54) is 6.07 Å². The number of aromatic nitrogens is 1. The number of aryl methyl sites for hydroxylation is 2. The monoisotopic (exact) mass is 434 g/mol. The van der Waals surface area contributed by atoms with Crippen LogP contribution in [0.25, 0.3) is 11.0 Å². The summed E-state index contributed by atoms with van der Waals surface area (Å²) in [5, 5.41) is 3.22. The van der Waals surface area contributed by atoms with Crippen molar-refractivity contribution >= 4 is 16.9 Å². The van der Waals surface area contributed by atoms with Gasteiger partial charge in [0.25, 0.3) is 0 Å². The van der Waals surface area contributed by atoms with Gasteiger partial charge in [0.15, 0.2) is 11.3 Å². The Morgan fingerprint density at radius 3 is 2.42 bits per heavy atom. The zero-order chi connectivity index (χ0) is 22.6. The molecule has 166 valence electrons. The van der Waals surface area contributed by atoms with Gasteiger partial charge < -0.3 is 15.0 Å². The summed E-state index contributed by atoms with van der Waals surface area (Å²) in [6, 6.07) is 10.4. The maximum Gasteiger partial charge on any atom is 0.437 e. The number of carbonyl (C=O) groups is 1. The summed E-state index contributed by atoms with van der Waals surface area (Å²) in [4.78, 5) is 12.1. The highest BCUT2D eigenvalue weighted by Crippen LogP contribution is 2.41. The molecule has 0 bridgehead atoms. The van der Waals surface area contributed by atoms with E-state index < -0.39 is 23.7 Å². The van der Waals surface area contributed by atoms with Gasteiger partial charge in [-0.15, -0.1) is 0 Å². The minimum absolute atomic E-state index is 0.0292. The maximum absolute atomic E-state index is 13.4. The van der Waals surface area contributed by atoms with Crippen LogP contribution in [0.3, 0.4) is 0 Å². The Hall–Kier alpha value is -3.03. The number of halogens is 3. The highest BCUT2D eigenvalue weighted by Gasteiger charge is 2.38. The average Bonchev–Trinajstić information content (AvgIpc) is 3.15. The van der Waals surface area contributed by atoms with Gasteiger partial charge in [-0.05, 0) is 30.0 Å². The second-order valence-electron chi connectivity index (χ2n) is 7.43. The molecule has 0 spiro atoms. The van der Waals surface area contributed by atoms with Gasteiger partial charge in [0, 0.05) is 5.56 Å². The summed E-state index contributed by atoms with van der Waals surface area (Å²) in [6.07, 6.45) is -2.29. The molecule has 1 amide bonds. The smallest absolute Gasteiger partial charge is 0.437 e. The standard InChI is InChI=1S/C23H25F3N2O3/c1-3-8-15-12-17-20(31-28-21(17)23(24,25)26)16(9-4-2)19(15)30-13-18(22(27)29)14-10-6-5-7-11-14/h5-7,10-12,18H,3-4,8-9,13H2,1-2H3,(H2,27,29). The van der Waals surface area contributed by atoms with Crippen LogP contribution in [0.4, 0.5) is 13.2 Å². The first-order chi connectivity index (χ1) is 14.8. The highest BCUT2D eigenvalue weighted by molar-refractivity contribution is 5.87. The van der Waals surface area contributed by atoms with Gasteiger partial charge in [0.2, 0.25) is 5.91 Å². The summed E-state index contributed by atoms with van der Waals surface area (Å²) in [5.74, 6) is -0.787. The van der Waals surface area contributed by atoms with E-state index in [0.717, 1.165) is 0 Å². The average molecular weight is 434 g/mol. The molecule has 1 aromatic heterocycles. The number of ether oxygens (including phenoxy) is 1. The summed E-state index contributed by atoms with van der Waals surface area (Å²) in [5.41, 5.74) is 6.50. The van der Waals surface area contributed by atoms with E-state index in [4.69, 9.17) is 15.0 Å². The molecule has 0 fully saturated rings. The molecule has 0 aliphatic rings. The Balaban J connectivity index is 2.08. The lowest BCUT2D eigenvalue weighted by Gasteiger charge is -2.20. The minimum Gasteiger partial charge on any atom is -0.492 e.